The van der Waals surface area contributed by atoms with Crippen molar-refractivity contribution in [3.05, 3.63) is 78.4 Å². The van der Waals surface area contributed by atoms with Gasteiger partial charge in [0.25, 0.3) is 0 Å². The van der Waals surface area contributed by atoms with Crippen LogP contribution in [0, 0.1) is 5.92 Å². The Kier molecular flexibility index (Phi) is 7.91. The fraction of sp³-hybridized carbons (Fsp3) is 0.355. The van der Waals surface area contributed by atoms with Crippen LogP contribution in [0.15, 0.2) is 72.8 Å². The Morgan fingerprint density at radius 1 is 0.769 bits per heavy atom. The van der Waals surface area contributed by atoms with Crippen molar-refractivity contribution < 1.29 is 23.8 Å². The van der Waals surface area contributed by atoms with Crippen LogP contribution in [-0.2, 0) is 9.59 Å². The average molecular weight is 530 g/mol. The number of methoxy groups -OCH3 is 3. The molecule has 204 valence electrons. The molecule has 39 heavy (non-hydrogen) atoms. The highest BCUT2D eigenvalue weighted by Gasteiger charge is 2.43. The quantitative estimate of drug-likeness (QED) is 0.447. The minimum atomic E-state index is -0.426. The van der Waals surface area contributed by atoms with E-state index in [-0.39, 0.29) is 17.7 Å². The second-order valence-corrected chi connectivity index (χ2v) is 9.81. The molecule has 0 bridgehead atoms. The molecule has 0 aromatic heterocycles. The lowest BCUT2D eigenvalue weighted by Crippen LogP contribution is -2.54. The number of ether oxygens (including phenoxy) is 3. The van der Waals surface area contributed by atoms with E-state index in [4.69, 9.17) is 14.2 Å². The van der Waals surface area contributed by atoms with E-state index < -0.39 is 6.04 Å². The third kappa shape index (κ3) is 5.37. The van der Waals surface area contributed by atoms with Gasteiger partial charge in [0.1, 0.15) is 17.2 Å². The molecule has 2 unspecified atom stereocenters. The van der Waals surface area contributed by atoms with Crippen molar-refractivity contribution in [1.29, 1.82) is 0 Å². The summed E-state index contributed by atoms with van der Waals surface area (Å²) in [5, 5.41) is 0. The number of carbonyl (C=O) groups is 2. The summed E-state index contributed by atoms with van der Waals surface area (Å²) in [4.78, 5) is 33.5. The van der Waals surface area contributed by atoms with E-state index >= 15 is 0 Å². The first kappa shape index (κ1) is 26.4. The fourth-order valence-corrected chi connectivity index (χ4v) is 5.67. The molecule has 0 saturated carbocycles. The standard InChI is InChI=1S/C31H35N3O5/c1-37-24-12-8-22(9-13-24)30-26(16-17-29(35)34(30)23-10-14-25(38-2)15-11-23)31(36)33-20-18-32(19-21-33)27-6-4-5-7-28(27)39-3/h4-15,26,30H,16-21H2,1-3H3. The molecule has 0 spiro atoms. The topological polar surface area (TPSA) is 71.6 Å². The van der Waals surface area contributed by atoms with Crippen LogP contribution in [0.1, 0.15) is 24.4 Å². The first-order valence-electron chi connectivity index (χ1n) is 13.3. The summed E-state index contributed by atoms with van der Waals surface area (Å²) in [7, 11) is 4.92. The molecule has 3 aromatic carbocycles. The molecule has 5 rings (SSSR count). The summed E-state index contributed by atoms with van der Waals surface area (Å²) >= 11 is 0. The van der Waals surface area contributed by atoms with E-state index in [0.29, 0.717) is 44.8 Å². The van der Waals surface area contributed by atoms with Crippen molar-refractivity contribution >= 4 is 23.2 Å². The third-order valence-corrected chi connectivity index (χ3v) is 7.74. The number of anilines is 2. The number of piperidine rings is 1. The summed E-state index contributed by atoms with van der Waals surface area (Å²) in [6, 6.07) is 22.7. The van der Waals surface area contributed by atoms with Gasteiger partial charge in [0.05, 0.1) is 39.0 Å². The molecule has 8 heteroatoms. The van der Waals surface area contributed by atoms with Crippen LogP contribution in [0.25, 0.3) is 0 Å². The van der Waals surface area contributed by atoms with Crippen LogP contribution in [-0.4, -0.2) is 64.2 Å². The Morgan fingerprint density at radius 2 is 1.38 bits per heavy atom. The van der Waals surface area contributed by atoms with Crippen molar-refractivity contribution in [3.63, 3.8) is 0 Å². The van der Waals surface area contributed by atoms with Crippen LogP contribution in [0.4, 0.5) is 11.4 Å². The Bertz CT molecular complexity index is 1290. The molecule has 2 amide bonds. The zero-order valence-electron chi connectivity index (χ0n) is 22.7. The normalized spacial score (nSPS) is 19.6. The second-order valence-electron chi connectivity index (χ2n) is 9.81. The molecular formula is C31H35N3O5. The van der Waals surface area contributed by atoms with E-state index in [1.807, 2.05) is 71.6 Å². The predicted molar refractivity (Wildman–Crippen MR) is 151 cm³/mol. The van der Waals surface area contributed by atoms with Gasteiger partial charge in [-0.15, -0.1) is 0 Å². The number of rotatable bonds is 7. The van der Waals surface area contributed by atoms with E-state index in [1.165, 1.54) is 0 Å². The molecule has 2 saturated heterocycles. The molecule has 0 N–H and O–H groups in total. The maximum atomic E-state index is 14.1. The van der Waals surface area contributed by atoms with E-state index in [2.05, 4.69) is 11.0 Å². The molecule has 2 aliphatic rings. The van der Waals surface area contributed by atoms with Crippen molar-refractivity contribution in [1.82, 2.24) is 4.90 Å². The number of hydrogen-bond acceptors (Lipinski definition) is 6. The van der Waals surface area contributed by atoms with Crippen LogP contribution in [0.3, 0.4) is 0 Å². The van der Waals surface area contributed by atoms with Gasteiger partial charge in [-0.1, -0.05) is 24.3 Å². The minimum Gasteiger partial charge on any atom is -0.497 e. The number of nitrogens with zero attached hydrogens (tertiary/aromatic N) is 3. The van der Waals surface area contributed by atoms with Crippen molar-refractivity contribution in [3.8, 4) is 17.2 Å². The molecule has 8 nitrogen and oxygen atoms in total. The summed E-state index contributed by atoms with van der Waals surface area (Å²) in [6.07, 6.45) is 0.823. The number of amides is 2. The Hall–Kier alpha value is -4.20. The molecule has 2 heterocycles. The lowest BCUT2D eigenvalue weighted by molar-refractivity contribution is -0.138. The number of benzene rings is 3. The van der Waals surface area contributed by atoms with Crippen molar-refractivity contribution in [2.45, 2.75) is 18.9 Å². The third-order valence-electron chi connectivity index (χ3n) is 7.74. The summed E-state index contributed by atoms with van der Waals surface area (Å²) in [5.74, 6) is 2.00. The highest BCUT2D eigenvalue weighted by molar-refractivity contribution is 5.97. The summed E-state index contributed by atoms with van der Waals surface area (Å²) in [5.41, 5.74) is 2.70. The maximum Gasteiger partial charge on any atom is 0.228 e. The SMILES string of the molecule is COc1ccc(C2C(C(=O)N3CCN(c4ccccc4OC)CC3)CCC(=O)N2c2ccc(OC)cc2)cc1. The first-order valence-corrected chi connectivity index (χ1v) is 13.3. The van der Waals surface area contributed by atoms with Crippen LogP contribution in [0.5, 0.6) is 17.2 Å². The molecule has 3 aromatic rings. The van der Waals surface area contributed by atoms with Gasteiger partial charge in [-0.25, -0.2) is 0 Å². The first-order chi connectivity index (χ1) is 19.0. The Labute approximate surface area is 229 Å². The molecule has 2 fully saturated rings. The van der Waals surface area contributed by atoms with Crippen molar-refractivity contribution in [2.75, 3.05) is 57.3 Å². The molecule has 2 atom stereocenters. The summed E-state index contributed by atoms with van der Waals surface area (Å²) < 4.78 is 16.2. The number of carbonyl (C=O) groups excluding carboxylic acids is 2. The zero-order chi connectivity index (χ0) is 27.4. The number of hydrogen-bond donors (Lipinski definition) is 0. The van der Waals surface area contributed by atoms with Gasteiger partial charge in [0, 0.05) is 38.3 Å². The highest BCUT2D eigenvalue weighted by atomic mass is 16.5. The highest BCUT2D eigenvalue weighted by Crippen LogP contribution is 2.42. The lowest BCUT2D eigenvalue weighted by atomic mass is 9.82. The second kappa shape index (κ2) is 11.7. The number of para-hydroxylation sites is 2. The van der Waals surface area contributed by atoms with E-state index in [1.54, 1.807) is 26.2 Å². The van der Waals surface area contributed by atoms with Gasteiger partial charge in [-0.2, -0.15) is 0 Å². The maximum absolute atomic E-state index is 14.1. The number of piperazine rings is 1. The van der Waals surface area contributed by atoms with Gasteiger partial charge < -0.3 is 28.9 Å². The fourth-order valence-electron chi connectivity index (χ4n) is 5.67. The van der Waals surface area contributed by atoms with Gasteiger partial charge >= 0.3 is 0 Å². The molecule has 2 aliphatic heterocycles. The smallest absolute Gasteiger partial charge is 0.228 e. The van der Waals surface area contributed by atoms with Gasteiger partial charge in [0.2, 0.25) is 11.8 Å². The van der Waals surface area contributed by atoms with Gasteiger partial charge in [0.15, 0.2) is 0 Å². The molecule has 0 radical (unpaired) electrons. The monoisotopic (exact) mass is 529 g/mol. The van der Waals surface area contributed by atoms with Crippen LogP contribution in [0.2, 0.25) is 0 Å². The average Bonchev–Trinajstić information content (AvgIpc) is 3.00. The van der Waals surface area contributed by atoms with Crippen LogP contribution >= 0.6 is 0 Å². The minimum absolute atomic E-state index is 0.00558. The largest absolute Gasteiger partial charge is 0.497 e. The summed E-state index contributed by atoms with van der Waals surface area (Å²) in [6.45, 7) is 2.65. The van der Waals surface area contributed by atoms with Crippen molar-refractivity contribution in [2.24, 2.45) is 5.92 Å². The Balaban J connectivity index is 1.42. The molecular weight excluding hydrogens is 494 g/mol. The van der Waals surface area contributed by atoms with Crippen LogP contribution < -0.4 is 24.0 Å². The molecule has 0 aliphatic carbocycles. The zero-order valence-corrected chi connectivity index (χ0v) is 22.7. The predicted octanol–water partition coefficient (Wildman–Crippen LogP) is 4.55. The van der Waals surface area contributed by atoms with E-state index in [0.717, 1.165) is 28.4 Å². The lowest BCUT2D eigenvalue weighted by Gasteiger charge is -2.44. The van der Waals surface area contributed by atoms with Gasteiger partial charge in [-0.3, -0.25) is 9.59 Å². The van der Waals surface area contributed by atoms with Gasteiger partial charge in [-0.05, 0) is 60.5 Å². The Morgan fingerprint density at radius 3 is 2.00 bits per heavy atom. The van der Waals surface area contributed by atoms with E-state index in [9.17, 15) is 9.59 Å².